The third-order valence-corrected chi connectivity index (χ3v) is 11.8. The Labute approximate surface area is 280 Å². The standard InChI is InChI=1S/C37H46N4O3S2/c1-7-41(39)31-18-17-30(25(3)35(31)38)34(37(5,6)36(42)44-23-27-13-9-8-10-14-27)32-20-29(26(4)45-32)22-40-21-24(2)19-28-15-11-12-16-33(28)46(40)43/h8-18,20,24,34H,7,19,21-23,38-39H2,1-6H3. The Balaban J connectivity index is 1.53. The number of rotatable bonds is 10. The van der Waals surface area contributed by atoms with E-state index in [0.29, 0.717) is 24.7 Å². The molecular weight excluding hydrogens is 613 g/mol. The molecule has 3 aromatic carbocycles. The highest BCUT2D eigenvalue weighted by Crippen LogP contribution is 2.48. The fraction of sp³-hybridized carbons (Fsp3) is 0.378. The Hall–Kier alpha value is -3.50. The molecular formula is C37H46N4O3S2. The number of anilines is 2. The number of hydrazine groups is 1. The molecule has 46 heavy (non-hydrogen) atoms. The summed E-state index contributed by atoms with van der Waals surface area (Å²) in [5.74, 6) is 5.99. The minimum atomic E-state index is -1.27. The van der Waals surface area contributed by atoms with Crippen LogP contribution in [0.1, 0.15) is 71.2 Å². The van der Waals surface area contributed by atoms with Crippen LogP contribution in [0.25, 0.3) is 0 Å². The van der Waals surface area contributed by atoms with Gasteiger partial charge >= 0.3 is 5.97 Å². The lowest BCUT2D eigenvalue weighted by Crippen LogP contribution is -2.35. The predicted molar refractivity (Wildman–Crippen MR) is 190 cm³/mol. The molecule has 3 atom stereocenters. The summed E-state index contributed by atoms with van der Waals surface area (Å²) in [4.78, 5) is 17.0. The maximum Gasteiger partial charge on any atom is 0.312 e. The molecule has 0 spiro atoms. The molecule has 1 aliphatic heterocycles. The molecule has 0 amide bonds. The first kappa shape index (κ1) is 33.9. The molecule has 1 aliphatic rings. The molecule has 3 unspecified atom stereocenters. The number of fused-ring (bicyclic) bond motifs is 1. The Morgan fingerprint density at radius 3 is 2.52 bits per heavy atom. The maximum absolute atomic E-state index is 14.0. The first-order valence-electron chi connectivity index (χ1n) is 15.9. The smallest absolute Gasteiger partial charge is 0.312 e. The van der Waals surface area contributed by atoms with Crippen LogP contribution in [0.15, 0.2) is 77.7 Å². The molecule has 0 radical (unpaired) electrons. The van der Waals surface area contributed by atoms with Crippen molar-refractivity contribution in [3.63, 3.8) is 0 Å². The molecule has 7 nitrogen and oxygen atoms in total. The van der Waals surface area contributed by atoms with Crippen molar-refractivity contribution in [2.75, 3.05) is 23.8 Å². The van der Waals surface area contributed by atoms with Crippen molar-refractivity contribution in [2.45, 2.75) is 71.9 Å². The van der Waals surface area contributed by atoms with Crippen LogP contribution in [0.4, 0.5) is 11.4 Å². The summed E-state index contributed by atoms with van der Waals surface area (Å²) in [5.41, 5.74) is 12.2. The van der Waals surface area contributed by atoms with E-state index in [1.165, 1.54) is 0 Å². The number of nitrogen functional groups attached to an aromatic ring is 1. The zero-order valence-corrected chi connectivity index (χ0v) is 29.3. The lowest BCUT2D eigenvalue weighted by atomic mass is 9.72. The Kier molecular flexibility index (Phi) is 10.4. The molecule has 0 aliphatic carbocycles. The van der Waals surface area contributed by atoms with Crippen molar-refractivity contribution in [3.05, 3.63) is 110 Å². The Morgan fingerprint density at radius 2 is 1.80 bits per heavy atom. The summed E-state index contributed by atoms with van der Waals surface area (Å²) in [6.07, 6.45) is 0.905. The van der Waals surface area contributed by atoms with Gasteiger partial charge in [-0.2, -0.15) is 0 Å². The molecule has 5 rings (SSSR count). The van der Waals surface area contributed by atoms with E-state index in [2.05, 4.69) is 30.3 Å². The van der Waals surface area contributed by atoms with Crippen molar-refractivity contribution < 1.29 is 13.7 Å². The highest BCUT2D eigenvalue weighted by molar-refractivity contribution is 7.82. The van der Waals surface area contributed by atoms with E-state index in [1.54, 1.807) is 16.3 Å². The van der Waals surface area contributed by atoms with Crippen molar-refractivity contribution in [1.29, 1.82) is 0 Å². The van der Waals surface area contributed by atoms with Crippen LogP contribution in [0, 0.1) is 25.2 Å². The summed E-state index contributed by atoms with van der Waals surface area (Å²) < 4.78 is 21.9. The third-order valence-electron chi connectivity index (χ3n) is 9.11. The van der Waals surface area contributed by atoms with Gasteiger partial charge in [0.15, 0.2) is 0 Å². The zero-order chi connectivity index (χ0) is 33.2. The van der Waals surface area contributed by atoms with Crippen molar-refractivity contribution >= 4 is 39.7 Å². The number of nitrogens with zero attached hydrogens (tertiary/aromatic N) is 2. The van der Waals surface area contributed by atoms with Crippen LogP contribution in [-0.4, -0.2) is 27.6 Å². The summed E-state index contributed by atoms with van der Waals surface area (Å²) >= 11 is 1.68. The zero-order valence-electron chi connectivity index (χ0n) is 27.7. The number of aryl methyl sites for hydroxylation is 1. The second kappa shape index (κ2) is 14.1. The first-order valence-corrected chi connectivity index (χ1v) is 17.8. The number of hydrogen-bond donors (Lipinski definition) is 2. The molecule has 1 aromatic heterocycles. The van der Waals surface area contributed by atoms with E-state index in [4.69, 9.17) is 16.3 Å². The quantitative estimate of drug-likeness (QED) is 0.0805. The number of benzene rings is 3. The van der Waals surface area contributed by atoms with Gasteiger partial charge in [-0.1, -0.05) is 61.5 Å². The minimum absolute atomic E-state index is 0.198. The minimum Gasteiger partial charge on any atom is -0.460 e. The molecule has 0 saturated heterocycles. The van der Waals surface area contributed by atoms with Gasteiger partial charge in [-0.25, -0.2) is 14.4 Å². The average Bonchev–Trinajstić information content (AvgIpc) is 3.34. The van der Waals surface area contributed by atoms with Gasteiger partial charge in [0.2, 0.25) is 0 Å². The molecule has 0 saturated carbocycles. The number of carbonyl (C=O) groups excluding carboxylic acids is 1. The molecule has 244 valence electrons. The van der Waals surface area contributed by atoms with Gasteiger partial charge in [0, 0.05) is 35.3 Å². The summed E-state index contributed by atoms with van der Waals surface area (Å²) in [7, 11) is -1.27. The summed E-state index contributed by atoms with van der Waals surface area (Å²) in [5, 5.41) is 1.63. The predicted octanol–water partition coefficient (Wildman–Crippen LogP) is 7.27. The van der Waals surface area contributed by atoms with Crippen molar-refractivity contribution in [1.82, 2.24) is 4.31 Å². The molecule has 2 heterocycles. The van der Waals surface area contributed by atoms with E-state index >= 15 is 0 Å². The van der Waals surface area contributed by atoms with Gasteiger partial charge in [0.25, 0.3) is 0 Å². The molecule has 9 heteroatoms. The Morgan fingerprint density at radius 1 is 1.11 bits per heavy atom. The maximum atomic E-state index is 14.0. The first-order chi connectivity index (χ1) is 21.9. The van der Waals surface area contributed by atoms with Crippen LogP contribution in [0.5, 0.6) is 0 Å². The van der Waals surface area contributed by atoms with Crippen molar-refractivity contribution in [2.24, 2.45) is 17.2 Å². The van der Waals surface area contributed by atoms with Crippen LogP contribution in [0.2, 0.25) is 0 Å². The van der Waals surface area contributed by atoms with E-state index in [1.807, 2.05) is 88.4 Å². The molecule has 4 N–H and O–H groups in total. The highest BCUT2D eigenvalue weighted by Gasteiger charge is 2.42. The molecule has 4 aromatic rings. The number of thiophene rings is 1. The van der Waals surface area contributed by atoms with Crippen LogP contribution < -0.4 is 16.6 Å². The lowest BCUT2D eigenvalue weighted by Gasteiger charge is -2.34. The fourth-order valence-corrected chi connectivity index (χ4v) is 9.23. The fourth-order valence-electron chi connectivity index (χ4n) is 6.38. The number of ether oxygens (including phenoxy) is 1. The second-order valence-corrected chi connectivity index (χ2v) is 15.7. The highest BCUT2D eigenvalue weighted by atomic mass is 32.2. The van der Waals surface area contributed by atoms with E-state index < -0.39 is 16.4 Å². The van der Waals surface area contributed by atoms with Gasteiger partial charge in [0.1, 0.15) is 17.6 Å². The van der Waals surface area contributed by atoms with Crippen LogP contribution >= 0.6 is 11.3 Å². The van der Waals surface area contributed by atoms with Crippen molar-refractivity contribution in [3.8, 4) is 0 Å². The number of esters is 1. The normalized spacial score (nSPS) is 17.6. The van der Waals surface area contributed by atoms with Gasteiger partial charge in [0.05, 0.1) is 21.7 Å². The SMILES string of the molecule is CCN(N)c1ccc(C(c2cc(CN3CC(C)Cc4ccccc4S3=O)c(C)s2)C(C)(C)C(=O)OCc2ccccc2)c(C)c1N. The number of carbonyl (C=O) groups is 1. The van der Waals surface area contributed by atoms with Crippen LogP contribution in [-0.2, 0) is 40.1 Å². The van der Waals surface area contributed by atoms with Gasteiger partial charge < -0.3 is 15.5 Å². The molecule has 0 fully saturated rings. The summed E-state index contributed by atoms with van der Waals surface area (Å²) in [6.45, 7) is 14.3. The number of nitrogens with two attached hydrogens (primary N) is 2. The second-order valence-electron chi connectivity index (χ2n) is 12.9. The van der Waals surface area contributed by atoms with Gasteiger partial charge in [-0.05, 0) is 93.0 Å². The average molecular weight is 659 g/mol. The topological polar surface area (TPSA) is 102 Å². The van der Waals surface area contributed by atoms with E-state index in [0.717, 1.165) is 61.1 Å². The monoisotopic (exact) mass is 658 g/mol. The molecule has 0 bridgehead atoms. The lowest BCUT2D eigenvalue weighted by molar-refractivity contribution is -0.156. The van der Waals surface area contributed by atoms with E-state index in [-0.39, 0.29) is 18.5 Å². The van der Waals surface area contributed by atoms with Gasteiger partial charge in [-0.15, -0.1) is 11.3 Å². The number of hydrogen-bond acceptors (Lipinski definition) is 7. The third kappa shape index (κ3) is 6.93. The van der Waals surface area contributed by atoms with Crippen LogP contribution in [0.3, 0.4) is 0 Å². The van der Waals surface area contributed by atoms with Gasteiger partial charge in [-0.3, -0.25) is 4.79 Å². The Bertz CT molecular complexity index is 1720. The largest absolute Gasteiger partial charge is 0.460 e. The summed E-state index contributed by atoms with van der Waals surface area (Å²) in [6, 6.07) is 24.0. The van der Waals surface area contributed by atoms with E-state index in [9.17, 15) is 9.00 Å².